The molecule has 0 radical (unpaired) electrons. The van der Waals surface area contributed by atoms with Gasteiger partial charge in [0, 0.05) is 38.1 Å². The molecule has 0 spiro atoms. The lowest BCUT2D eigenvalue weighted by molar-refractivity contribution is 0.0981. The summed E-state index contributed by atoms with van der Waals surface area (Å²) >= 11 is 0. The molecule has 8 heteroatoms. The summed E-state index contributed by atoms with van der Waals surface area (Å²) in [5.41, 5.74) is 1.78. The first kappa shape index (κ1) is 23.5. The molecule has 0 saturated carbocycles. The average molecular weight is 465 g/mol. The Labute approximate surface area is 199 Å². The van der Waals surface area contributed by atoms with Crippen LogP contribution in [0.5, 0.6) is 11.5 Å². The van der Waals surface area contributed by atoms with Crippen LogP contribution in [-0.2, 0) is 6.54 Å². The standard InChI is InChI=1S/C26H29FN4O3/c1-29-12-14-30(15-13-29)25-11-4-19(17-28-25)18-31(21-7-5-20(27)6-8-21)26(32)23-16-22(33-2)9-10-24(23)34-3/h4-11,16-17H,12-15,18H2,1-3H3. The van der Waals surface area contributed by atoms with Crippen molar-refractivity contribution in [1.29, 1.82) is 0 Å². The molecule has 0 atom stereocenters. The number of halogens is 1. The molecule has 1 aliphatic rings. The van der Waals surface area contributed by atoms with Gasteiger partial charge < -0.3 is 24.2 Å². The SMILES string of the molecule is COc1ccc(OC)c(C(=O)N(Cc2ccc(N3CCN(C)CC3)nc2)c2ccc(F)cc2)c1. The van der Waals surface area contributed by atoms with Gasteiger partial charge in [0.2, 0.25) is 0 Å². The van der Waals surface area contributed by atoms with Gasteiger partial charge in [-0.1, -0.05) is 6.07 Å². The number of hydrogen-bond acceptors (Lipinski definition) is 6. The van der Waals surface area contributed by atoms with Gasteiger partial charge in [-0.25, -0.2) is 9.37 Å². The number of ether oxygens (including phenoxy) is 2. The fourth-order valence-corrected chi connectivity index (χ4v) is 3.94. The highest BCUT2D eigenvalue weighted by Gasteiger charge is 2.23. The zero-order valence-electron chi connectivity index (χ0n) is 19.7. The van der Waals surface area contributed by atoms with E-state index in [0.717, 1.165) is 37.6 Å². The van der Waals surface area contributed by atoms with Crippen molar-refractivity contribution in [3.8, 4) is 11.5 Å². The Morgan fingerprint density at radius 1 is 1.00 bits per heavy atom. The van der Waals surface area contributed by atoms with Crippen LogP contribution in [0.4, 0.5) is 15.9 Å². The normalized spacial score (nSPS) is 14.1. The number of rotatable bonds is 7. The van der Waals surface area contributed by atoms with Gasteiger partial charge in [0.25, 0.3) is 5.91 Å². The average Bonchev–Trinajstić information content (AvgIpc) is 2.88. The summed E-state index contributed by atoms with van der Waals surface area (Å²) in [7, 11) is 5.18. The summed E-state index contributed by atoms with van der Waals surface area (Å²) in [6.07, 6.45) is 1.79. The highest BCUT2D eigenvalue weighted by atomic mass is 19.1. The number of hydrogen-bond donors (Lipinski definition) is 0. The van der Waals surface area contributed by atoms with Gasteiger partial charge in [-0.15, -0.1) is 0 Å². The fourth-order valence-electron chi connectivity index (χ4n) is 3.94. The second-order valence-electron chi connectivity index (χ2n) is 8.25. The van der Waals surface area contributed by atoms with E-state index in [1.165, 1.54) is 19.2 Å². The summed E-state index contributed by atoms with van der Waals surface area (Å²) in [4.78, 5) is 24.5. The minimum atomic E-state index is -0.367. The van der Waals surface area contributed by atoms with Crippen molar-refractivity contribution < 1.29 is 18.7 Å². The monoisotopic (exact) mass is 464 g/mol. The molecule has 1 fully saturated rings. The van der Waals surface area contributed by atoms with Crippen molar-refractivity contribution in [2.45, 2.75) is 6.54 Å². The lowest BCUT2D eigenvalue weighted by Crippen LogP contribution is -2.44. The molecule has 0 unspecified atom stereocenters. The number of anilines is 2. The first-order chi connectivity index (χ1) is 16.5. The van der Waals surface area contributed by atoms with Crippen LogP contribution in [0.2, 0.25) is 0 Å². The van der Waals surface area contributed by atoms with Gasteiger partial charge in [-0.2, -0.15) is 0 Å². The van der Waals surface area contributed by atoms with E-state index in [0.29, 0.717) is 22.7 Å². The first-order valence-electron chi connectivity index (χ1n) is 11.2. The molecule has 1 aliphatic heterocycles. The minimum absolute atomic E-state index is 0.265. The fraction of sp³-hybridized carbons (Fsp3) is 0.308. The van der Waals surface area contributed by atoms with Gasteiger partial charge in [-0.3, -0.25) is 4.79 Å². The van der Waals surface area contributed by atoms with E-state index >= 15 is 0 Å². The molecule has 1 aromatic heterocycles. The third kappa shape index (κ3) is 5.28. The zero-order valence-corrected chi connectivity index (χ0v) is 19.7. The van der Waals surface area contributed by atoms with Crippen molar-refractivity contribution >= 4 is 17.4 Å². The third-order valence-corrected chi connectivity index (χ3v) is 6.00. The summed E-state index contributed by atoms with van der Waals surface area (Å²) < 4.78 is 24.3. The Bertz CT molecular complexity index is 1110. The molecule has 4 rings (SSSR count). The molecule has 2 heterocycles. The number of carbonyl (C=O) groups is 1. The lowest BCUT2D eigenvalue weighted by Gasteiger charge is -2.33. The summed E-state index contributed by atoms with van der Waals surface area (Å²) in [5.74, 6) is 1.24. The Hall–Kier alpha value is -3.65. The maximum Gasteiger partial charge on any atom is 0.262 e. The second-order valence-corrected chi connectivity index (χ2v) is 8.25. The number of methoxy groups -OCH3 is 2. The minimum Gasteiger partial charge on any atom is -0.497 e. The van der Waals surface area contributed by atoms with Crippen LogP contribution in [-0.4, -0.2) is 63.2 Å². The molecule has 7 nitrogen and oxygen atoms in total. The van der Waals surface area contributed by atoms with Gasteiger partial charge >= 0.3 is 0 Å². The zero-order chi connectivity index (χ0) is 24.1. The molecular formula is C26H29FN4O3. The predicted octanol–water partition coefficient (Wildman–Crippen LogP) is 3.84. The molecule has 0 aliphatic carbocycles. The largest absolute Gasteiger partial charge is 0.497 e. The van der Waals surface area contributed by atoms with E-state index in [1.807, 2.05) is 12.1 Å². The topological polar surface area (TPSA) is 58.1 Å². The van der Waals surface area contributed by atoms with E-state index in [9.17, 15) is 9.18 Å². The maximum atomic E-state index is 13.7. The van der Waals surface area contributed by atoms with Crippen LogP contribution >= 0.6 is 0 Å². The molecule has 178 valence electrons. The smallest absolute Gasteiger partial charge is 0.262 e. The van der Waals surface area contributed by atoms with E-state index in [4.69, 9.17) is 9.47 Å². The van der Waals surface area contributed by atoms with Gasteiger partial charge in [0.15, 0.2) is 0 Å². The summed E-state index contributed by atoms with van der Waals surface area (Å²) in [6, 6.07) is 14.9. The van der Waals surface area contributed by atoms with Crippen LogP contribution < -0.4 is 19.3 Å². The van der Waals surface area contributed by atoms with Crippen LogP contribution in [0.1, 0.15) is 15.9 Å². The van der Waals surface area contributed by atoms with E-state index in [2.05, 4.69) is 21.8 Å². The maximum absolute atomic E-state index is 13.7. The van der Waals surface area contributed by atoms with Crippen molar-refractivity contribution in [3.05, 3.63) is 77.7 Å². The van der Waals surface area contributed by atoms with Crippen LogP contribution in [0, 0.1) is 5.82 Å². The molecule has 0 bridgehead atoms. The summed E-state index contributed by atoms with van der Waals surface area (Å²) in [6.45, 7) is 4.12. The number of benzene rings is 2. The first-order valence-corrected chi connectivity index (χ1v) is 11.2. The quantitative estimate of drug-likeness (QED) is 0.530. The molecule has 0 N–H and O–H groups in total. The van der Waals surface area contributed by atoms with Crippen molar-refractivity contribution in [1.82, 2.24) is 9.88 Å². The molecule has 1 amide bonds. The lowest BCUT2D eigenvalue weighted by atomic mass is 10.1. The van der Waals surface area contributed by atoms with Crippen molar-refractivity contribution in [2.75, 3.05) is 57.2 Å². The van der Waals surface area contributed by atoms with E-state index in [-0.39, 0.29) is 18.3 Å². The Kier molecular flexibility index (Phi) is 7.27. The highest BCUT2D eigenvalue weighted by molar-refractivity contribution is 6.08. The predicted molar refractivity (Wildman–Crippen MR) is 130 cm³/mol. The van der Waals surface area contributed by atoms with Crippen LogP contribution in [0.3, 0.4) is 0 Å². The number of pyridine rings is 1. The molecule has 34 heavy (non-hydrogen) atoms. The Morgan fingerprint density at radius 2 is 1.74 bits per heavy atom. The number of aromatic nitrogens is 1. The number of likely N-dealkylation sites (N-methyl/N-ethyl adjacent to an activating group) is 1. The van der Waals surface area contributed by atoms with E-state index < -0.39 is 0 Å². The van der Waals surface area contributed by atoms with E-state index in [1.54, 1.807) is 48.5 Å². The molecular weight excluding hydrogens is 435 g/mol. The van der Waals surface area contributed by atoms with Crippen molar-refractivity contribution in [2.24, 2.45) is 0 Å². The molecule has 3 aromatic rings. The van der Waals surface area contributed by atoms with Gasteiger partial charge in [0.1, 0.15) is 23.1 Å². The Balaban J connectivity index is 1.62. The number of carbonyl (C=O) groups excluding carboxylic acids is 1. The second kappa shape index (κ2) is 10.5. The molecule has 1 saturated heterocycles. The number of amides is 1. The molecule has 2 aromatic carbocycles. The third-order valence-electron chi connectivity index (χ3n) is 6.00. The van der Waals surface area contributed by atoms with Crippen molar-refractivity contribution in [3.63, 3.8) is 0 Å². The van der Waals surface area contributed by atoms with Crippen LogP contribution in [0.15, 0.2) is 60.8 Å². The Morgan fingerprint density at radius 3 is 2.35 bits per heavy atom. The summed E-state index contributed by atoms with van der Waals surface area (Å²) in [5, 5.41) is 0. The highest BCUT2D eigenvalue weighted by Crippen LogP contribution is 2.29. The van der Waals surface area contributed by atoms with Crippen LogP contribution in [0.25, 0.3) is 0 Å². The van der Waals surface area contributed by atoms with Gasteiger partial charge in [0.05, 0.1) is 26.3 Å². The van der Waals surface area contributed by atoms with Gasteiger partial charge in [-0.05, 0) is 61.1 Å². The number of piperazine rings is 1. The number of nitrogens with zero attached hydrogens (tertiary/aromatic N) is 4.